The Morgan fingerprint density at radius 1 is 1.11 bits per heavy atom. The molecular formula is C43H60N7O6-. The van der Waals surface area contributed by atoms with Crippen LogP contribution in [0.4, 0.5) is 5.82 Å². The van der Waals surface area contributed by atoms with Gasteiger partial charge in [0.05, 0.1) is 18.2 Å². The number of likely N-dealkylation sites (N-methyl/N-ethyl adjacent to an activating group) is 1. The molecule has 0 radical (unpaired) electrons. The number of H-pyrrole nitrogens is 1. The molecule has 0 spiro atoms. The first-order valence-electron chi connectivity index (χ1n) is 20.1. The zero-order chi connectivity index (χ0) is 40.0. The van der Waals surface area contributed by atoms with Crippen molar-refractivity contribution in [1.82, 2.24) is 15.6 Å². The second kappa shape index (κ2) is 21.1. The summed E-state index contributed by atoms with van der Waals surface area (Å²) in [6.07, 6.45) is 12.3. The Morgan fingerprint density at radius 2 is 1.95 bits per heavy atom. The molecule has 5 rings (SSSR count). The van der Waals surface area contributed by atoms with E-state index in [9.17, 15) is 29.7 Å². The monoisotopic (exact) mass is 770 g/mol. The number of nitrogens with two attached hydrogens (primary N) is 2. The van der Waals surface area contributed by atoms with E-state index in [-0.39, 0.29) is 36.4 Å². The number of carboxylic acid groups (broad SMARTS) is 1. The summed E-state index contributed by atoms with van der Waals surface area (Å²) in [5, 5.41) is 43.8. The zero-order valence-corrected chi connectivity index (χ0v) is 32.5. The number of carboxylic acids is 1. The van der Waals surface area contributed by atoms with Crippen LogP contribution in [0.3, 0.4) is 0 Å². The van der Waals surface area contributed by atoms with Gasteiger partial charge < -0.3 is 57.3 Å². The van der Waals surface area contributed by atoms with Crippen molar-refractivity contribution in [2.24, 2.45) is 28.3 Å². The summed E-state index contributed by atoms with van der Waals surface area (Å²) in [6, 6.07) is 12.8. The van der Waals surface area contributed by atoms with Crippen LogP contribution in [-0.2, 0) is 27.2 Å². The minimum absolute atomic E-state index is 0.0641. The number of hydrogen-bond donors (Lipinski definition) is 8. The van der Waals surface area contributed by atoms with Crippen LogP contribution in [0.15, 0.2) is 65.3 Å². The third-order valence-corrected chi connectivity index (χ3v) is 11.6. The Kier molecular flexibility index (Phi) is 16.0. The van der Waals surface area contributed by atoms with Crippen molar-refractivity contribution < 1.29 is 29.7 Å². The van der Waals surface area contributed by atoms with Crippen molar-refractivity contribution in [3.63, 3.8) is 0 Å². The Bertz CT molecular complexity index is 1800. The maximum atomic E-state index is 12.5. The maximum Gasteiger partial charge on any atom is 0.328 e. The van der Waals surface area contributed by atoms with Crippen LogP contribution in [0.1, 0.15) is 86.8 Å². The highest BCUT2D eigenvalue weighted by Gasteiger charge is 2.36. The molecule has 0 saturated heterocycles. The SMILES string of the molecule is CNCC(O)C1CC(C(=CC(=O)O)C(CC2CCc3cc4ccc(CC=O)cc4cc3C2CCCC(N)CCC(C=O)CCCO)[N-]c2ccc[nH]2)N=C(N)N1. The van der Waals surface area contributed by atoms with Crippen molar-refractivity contribution in [3.05, 3.63) is 82.3 Å². The molecule has 304 valence electrons. The molecule has 0 saturated carbocycles. The highest BCUT2D eigenvalue weighted by atomic mass is 16.4. The van der Waals surface area contributed by atoms with Gasteiger partial charge >= 0.3 is 5.97 Å². The lowest BCUT2D eigenvalue weighted by atomic mass is 9.69. The van der Waals surface area contributed by atoms with Crippen LogP contribution >= 0.6 is 0 Å². The second-order valence-corrected chi connectivity index (χ2v) is 15.6. The second-order valence-electron chi connectivity index (χ2n) is 15.6. The highest BCUT2D eigenvalue weighted by molar-refractivity contribution is 5.86. The lowest BCUT2D eigenvalue weighted by Gasteiger charge is -2.41. The van der Waals surface area contributed by atoms with E-state index in [0.717, 1.165) is 67.4 Å². The Labute approximate surface area is 329 Å². The van der Waals surface area contributed by atoms with Crippen LogP contribution in [0.25, 0.3) is 16.1 Å². The maximum absolute atomic E-state index is 12.5. The van der Waals surface area contributed by atoms with Gasteiger partial charge in [-0.3, -0.25) is 0 Å². The standard InChI is InChI=1S/C43H60N7O6/c1-46-25-40(54)39-24-38(49-43(45)50-39)36(23-42(55)56)37(48-41-8-3-16-47-41)22-31-13-12-30-20-29-11-9-27(15-18-52)19-32(29)21-35(30)34(31)7-2-6-33(44)14-10-28(26-53)5-4-17-51/h3,8-9,11,16,18-21,23,26,28,31,33-34,37-40,46-47,51,54H,2,4-7,10,12-15,17,22,24-25,44H2,1H3,(H,55,56)(H3,45,49,50)/q-1. The molecule has 0 bridgehead atoms. The smallest absolute Gasteiger partial charge is 0.328 e. The fraction of sp³-hybridized carbons (Fsp3) is 0.535. The summed E-state index contributed by atoms with van der Waals surface area (Å²) >= 11 is 0. The van der Waals surface area contributed by atoms with Gasteiger partial charge in [-0.05, 0) is 122 Å². The molecule has 0 fully saturated rings. The number of nitrogens with zero attached hydrogens (tertiary/aromatic N) is 2. The van der Waals surface area contributed by atoms with Gasteiger partial charge in [0.1, 0.15) is 12.6 Å². The third kappa shape index (κ3) is 11.7. The minimum atomic E-state index is -1.10. The summed E-state index contributed by atoms with van der Waals surface area (Å²) in [5.41, 5.74) is 17.0. The van der Waals surface area contributed by atoms with E-state index in [1.807, 2.05) is 18.2 Å². The quantitative estimate of drug-likeness (QED) is 0.0496. The average molecular weight is 771 g/mol. The van der Waals surface area contributed by atoms with Gasteiger partial charge in [-0.1, -0.05) is 60.9 Å². The van der Waals surface area contributed by atoms with Gasteiger partial charge in [-0.15, -0.1) is 0 Å². The largest absolute Gasteiger partial charge is 0.478 e. The fourth-order valence-corrected chi connectivity index (χ4v) is 8.71. The van der Waals surface area contributed by atoms with Crippen molar-refractivity contribution >= 4 is 41.1 Å². The number of aromatic amines is 1. The van der Waals surface area contributed by atoms with Gasteiger partial charge in [-0.2, -0.15) is 0 Å². The molecule has 2 heterocycles. The first-order chi connectivity index (χ1) is 27.1. The van der Waals surface area contributed by atoms with Crippen LogP contribution in [0.5, 0.6) is 0 Å². The number of aliphatic hydroxyl groups is 2. The van der Waals surface area contributed by atoms with E-state index in [1.54, 1.807) is 13.2 Å². The summed E-state index contributed by atoms with van der Waals surface area (Å²) < 4.78 is 0. The van der Waals surface area contributed by atoms with Crippen molar-refractivity contribution in [2.45, 2.75) is 113 Å². The summed E-state index contributed by atoms with van der Waals surface area (Å²) in [5.74, 6) is -0.181. The molecule has 13 heteroatoms. The topological polar surface area (TPSA) is 230 Å². The van der Waals surface area contributed by atoms with Crippen LogP contribution in [-0.4, -0.2) is 95.3 Å². The molecule has 3 aromatic rings. The summed E-state index contributed by atoms with van der Waals surface area (Å²) in [7, 11) is 1.76. The van der Waals surface area contributed by atoms with Crippen molar-refractivity contribution in [2.75, 3.05) is 20.2 Å². The number of benzene rings is 2. The zero-order valence-electron chi connectivity index (χ0n) is 32.5. The van der Waals surface area contributed by atoms with Gasteiger partial charge in [0.25, 0.3) is 0 Å². The van der Waals surface area contributed by atoms with Gasteiger partial charge in [0.15, 0.2) is 5.96 Å². The average Bonchev–Trinajstić information content (AvgIpc) is 3.70. The van der Waals surface area contributed by atoms with E-state index in [2.05, 4.69) is 44.9 Å². The van der Waals surface area contributed by atoms with Gasteiger partial charge in [0, 0.05) is 37.6 Å². The summed E-state index contributed by atoms with van der Waals surface area (Å²) in [4.78, 5) is 43.4. The third-order valence-electron chi connectivity index (χ3n) is 11.6. The number of carbonyl (C=O) groups excluding carboxylic acids is 2. The number of aromatic nitrogens is 1. The molecule has 8 unspecified atom stereocenters. The first-order valence-corrected chi connectivity index (χ1v) is 20.1. The Hall–Kier alpha value is -4.56. The molecule has 13 nitrogen and oxygen atoms in total. The molecule has 1 aliphatic carbocycles. The number of aldehydes is 2. The number of rotatable bonds is 23. The molecule has 56 heavy (non-hydrogen) atoms. The lowest BCUT2D eigenvalue weighted by Crippen LogP contribution is -2.54. The molecule has 1 aliphatic heterocycles. The minimum Gasteiger partial charge on any atom is -0.478 e. The van der Waals surface area contributed by atoms with E-state index < -0.39 is 30.2 Å². The van der Waals surface area contributed by atoms with Crippen LogP contribution < -0.4 is 22.1 Å². The number of nitrogens with one attached hydrogen (secondary N) is 3. The fourth-order valence-electron chi connectivity index (χ4n) is 8.71. The number of aliphatic imine (C=N–C) groups is 1. The molecule has 8 atom stereocenters. The van der Waals surface area contributed by atoms with Gasteiger partial charge in [0.2, 0.25) is 0 Å². The molecule has 1 aromatic heterocycles. The number of aliphatic hydroxyl groups excluding tert-OH is 2. The van der Waals surface area contributed by atoms with E-state index in [1.165, 1.54) is 17.2 Å². The predicted octanol–water partition coefficient (Wildman–Crippen LogP) is 4.52. The molecular weight excluding hydrogens is 711 g/mol. The number of aliphatic carboxylic acids is 1. The van der Waals surface area contributed by atoms with Gasteiger partial charge in [-0.25, -0.2) is 9.79 Å². The number of guanidine groups is 1. The van der Waals surface area contributed by atoms with Crippen LogP contribution in [0, 0.1) is 11.8 Å². The normalized spacial score (nSPS) is 21.9. The number of aryl methyl sites for hydroxylation is 1. The lowest BCUT2D eigenvalue weighted by molar-refractivity contribution is -0.131. The highest BCUT2D eigenvalue weighted by Crippen LogP contribution is 2.46. The molecule has 2 aliphatic rings. The molecule has 2 aromatic carbocycles. The predicted molar refractivity (Wildman–Crippen MR) is 220 cm³/mol. The molecule has 0 amide bonds. The Morgan fingerprint density at radius 3 is 2.66 bits per heavy atom. The Balaban J connectivity index is 1.47. The first kappa shape index (κ1) is 42.6. The summed E-state index contributed by atoms with van der Waals surface area (Å²) in [6.45, 7) is 0.395. The number of carbonyl (C=O) groups is 3. The van der Waals surface area contributed by atoms with E-state index in [0.29, 0.717) is 56.5 Å². The van der Waals surface area contributed by atoms with E-state index in [4.69, 9.17) is 16.8 Å². The van der Waals surface area contributed by atoms with Crippen molar-refractivity contribution in [3.8, 4) is 0 Å². The van der Waals surface area contributed by atoms with Crippen LogP contribution in [0.2, 0.25) is 0 Å². The molecule has 10 N–H and O–H groups in total. The number of fused-ring (bicyclic) bond motifs is 2. The van der Waals surface area contributed by atoms with E-state index >= 15 is 0 Å². The van der Waals surface area contributed by atoms with Crippen molar-refractivity contribution in [1.29, 1.82) is 0 Å². The number of hydrogen-bond acceptors (Lipinski definition) is 10.